The lowest BCUT2D eigenvalue weighted by Crippen LogP contribution is -2.49. The third-order valence-electron chi connectivity index (χ3n) is 6.00. The van der Waals surface area contributed by atoms with Gasteiger partial charge in [-0.25, -0.2) is 8.42 Å². The highest BCUT2D eigenvalue weighted by atomic mass is 32.2. The highest BCUT2D eigenvalue weighted by molar-refractivity contribution is 7.89. The second-order valence-corrected chi connectivity index (χ2v) is 9.49. The van der Waals surface area contributed by atoms with Crippen LogP contribution in [0, 0.1) is 27.7 Å². The molecule has 2 aromatic carbocycles. The molecule has 1 saturated heterocycles. The highest BCUT2D eigenvalue weighted by Crippen LogP contribution is 2.30. The Kier molecular flexibility index (Phi) is 5.75. The van der Waals surface area contributed by atoms with E-state index >= 15 is 0 Å². The van der Waals surface area contributed by atoms with Crippen LogP contribution in [0.2, 0.25) is 0 Å². The van der Waals surface area contributed by atoms with Gasteiger partial charge in [-0.1, -0.05) is 36.4 Å². The second-order valence-electron chi connectivity index (χ2n) is 7.62. The Bertz CT molecular complexity index is 889. The predicted molar refractivity (Wildman–Crippen MR) is 111 cm³/mol. The summed E-state index contributed by atoms with van der Waals surface area (Å²) in [5.74, 6) is 0. The van der Waals surface area contributed by atoms with E-state index in [1.54, 1.807) is 4.31 Å². The minimum Gasteiger partial charge on any atom is -0.294 e. The van der Waals surface area contributed by atoms with E-state index in [9.17, 15) is 8.42 Å². The molecular weight excluding hydrogens is 356 g/mol. The van der Waals surface area contributed by atoms with E-state index in [1.807, 2.05) is 33.8 Å². The molecule has 1 aliphatic rings. The molecule has 0 radical (unpaired) electrons. The quantitative estimate of drug-likeness (QED) is 0.798. The summed E-state index contributed by atoms with van der Waals surface area (Å²) in [6.07, 6.45) is 0. The summed E-state index contributed by atoms with van der Waals surface area (Å²) in [7, 11) is -3.48. The first kappa shape index (κ1) is 20.1. The topological polar surface area (TPSA) is 40.6 Å². The summed E-state index contributed by atoms with van der Waals surface area (Å²) in [4.78, 5) is 2.87. The number of benzene rings is 2. The Morgan fingerprint density at radius 2 is 1.37 bits per heavy atom. The molecule has 0 N–H and O–H groups in total. The van der Waals surface area contributed by atoms with Crippen LogP contribution in [0.15, 0.2) is 41.3 Å². The zero-order valence-corrected chi connectivity index (χ0v) is 17.8. The summed E-state index contributed by atoms with van der Waals surface area (Å²) in [5.41, 5.74) is 5.09. The van der Waals surface area contributed by atoms with Gasteiger partial charge in [-0.05, 0) is 62.4 Å². The second kappa shape index (κ2) is 7.74. The third-order valence-corrected chi connectivity index (χ3v) is 8.17. The molecule has 1 aliphatic heterocycles. The zero-order chi connectivity index (χ0) is 19.8. The van der Waals surface area contributed by atoms with Crippen molar-refractivity contribution in [2.45, 2.75) is 45.6 Å². The molecule has 146 valence electrons. The molecule has 1 heterocycles. The minimum atomic E-state index is -3.48. The standard InChI is InChI=1S/C22H30N2O2S/c1-16-15-17(2)19(4)22(18(16)3)27(25,26)24-13-11-23(12-14-24)20(5)21-9-7-6-8-10-21/h6-10,15,20H,11-14H2,1-5H3. The smallest absolute Gasteiger partial charge is 0.243 e. The molecule has 0 spiro atoms. The van der Waals surface area contributed by atoms with Gasteiger partial charge in [0.05, 0.1) is 4.90 Å². The summed E-state index contributed by atoms with van der Waals surface area (Å²) in [5, 5.41) is 0. The largest absolute Gasteiger partial charge is 0.294 e. The van der Waals surface area contributed by atoms with Gasteiger partial charge in [0, 0.05) is 32.2 Å². The highest BCUT2D eigenvalue weighted by Gasteiger charge is 2.32. The first-order valence-electron chi connectivity index (χ1n) is 9.60. The van der Waals surface area contributed by atoms with Crippen molar-refractivity contribution in [3.05, 3.63) is 64.2 Å². The predicted octanol–water partition coefficient (Wildman–Crippen LogP) is 3.99. The lowest BCUT2D eigenvalue weighted by molar-refractivity contribution is 0.146. The third kappa shape index (κ3) is 3.82. The number of aryl methyl sites for hydroxylation is 2. The lowest BCUT2D eigenvalue weighted by Gasteiger charge is -2.38. The van der Waals surface area contributed by atoms with Gasteiger partial charge >= 0.3 is 0 Å². The molecule has 1 fully saturated rings. The van der Waals surface area contributed by atoms with Gasteiger partial charge in [0.2, 0.25) is 10.0 Å². The number of hydrogen-bond acceptors (Lipinski definition) is 3. The maximum absolute atomic E-state index is 13.4. The molecule has 0 aliphatic carbocycles. The van der Waals surface area contributed by atoms with Gasteiger partial charge in [0.25, 0.3) is 0 Å². The SMILES string of the molecule is Cc1cc(C)c(C)c(S(=O)(=O)N2CCN(C(C)c3ccccc3)CC2)c1C. The van der Waals surface area contributed by atoms with Gasteiger partial charge in [0.1, 0.15) is 0 Å². The molecule has 0 saturated carbocycles. The van der Waals surface area contributed by atoms with E-state index in [4.69, 9.17) is 0 Å². The minimum absolute atomic E-state index is 0.292. The Labute approximate surface area is 163 Å². The number of nitrogens with zero attached hydrogens (tertiary/aromatic N) is 2. The van der Waals surface area contributed by atoms with E-state index in [0.29, 0.717) is 24.0 Å². The Morgan fingerprint density at radius 3 is 1.89 bits per heavy atom. The van der Waals surface area contributed by atoms with Gasteiger partial charge in [-0.15, -0.1) is 0 Å². The summed E-state index contributed by atoms with van der Waals surface area (Å²) in [6, 6.07) is 12.8. The van der Waals surface area contributed by atoms with E-state index in [2.05, 4.69) is 42.2 Å². The van der Waals surface area contributed by atoms with Crippen molar-refractivity contribution in [3.8, 4) is 0 Å². The van der Waals surface area contributed by atoms with Crippen LogP contribution in [0.5, 0.6) is 0 Å². The van der Waals surface area contributed by atoms with Gasteiger partial charge < -0.3 is 0 Å². The number of piperazine rings is 1. The van der Waals surface area contributed by atoms with Crippen molar-refractivity contribution in [3.63, 3.8) is 0 Å². The van der Waals surface area contributed by atoms with Gasteiger partial charge in [-0.3, -0.25) is 4.90 Å². The van der Waals surface area contributed by atoms with Crippen LogP contribution in [-0.4, -0.2) is 43.8 Å². The normalized spacial score (nSPS) is 17.8. The van der Waals surface area contributed by atoms with E-state index in [0.717, 1.165) is 35.3 Å². The summed E-state index contributed by atoms with van der Waals surface area (Å²) < 4.78 is 28.4. The summed E-state index contributed by atoms with van der Waals surface area (Å²) in [6.45, 7) is 12.6. The van der Waals surface area contributed by atoms with Crippen molar-refractivity contribution in [2.75, 3.05) is 26.2 Å². The average molecular weight is 387 g/mol. The van der Waals surface area contributed by atoms with Crippen LogP contribution >= 0.6 is 0 Å². The van der Waals surface area contributed by atoms with Gasteiger partial charge in [0.15, 0.2) is 0 Å². The first-order chi connectivity index (χ1) is 12.7. The molecule has 5 heteroatoms. The number of hydrogen-bond donors (Lipinski definition) is 0. The lowest BCUT2D eigenvalue weighted by atomic mass is 10.0. The van der Waals surface area contributed by atoms with Crippen molar-refractivity contribution < 1.29 is 8.42 Å². The molecule has 0 amide bonds. The van der Waals surface area contributed by atoms with Crippen molar-refractivity contribution in [2.24, 2.45) is 0 Å². The number of rotatable bonds is 4. The summed E-state index contributed by atoms with van der Waals surface area (Å²) >= 11 is 0. The first-order valence-corrected chi connectivity index (χ1v) is 11.0. The Hall–Kier alpha value is -1.69. The van der Waals surface area contributed by atoms with Crippen LogP contribution in [0.25, 0.3) is 0 Å². The maximum atomic E-state index is 13.4. The monoisotopic (exact) mass is 386 g/mol. The van der Waals surface area contributed by atoms with E-state index in [-0.39, 0.29) is 0 Å². The average Bonchev–Trinajstić information content (AvgIpc) is 2.66. The fourth-order valence-electron chi connectivity index (χ4n) is 3.97. The molecular formula is C22H30N2O2S. The van der Waals surface area contributed by atoms with E-state index in [1.165, 1.54) is 5.56 Å². The Balaban J connectivity index is 1.80. The maximum Gasteiger partial charge on any atom is 0.243 e. The zero-order valence-electron chi connectivity index (χ0n) is 17.0. The van der Waals surface area contributed by atoms with Crippen LogP contribution < -0.4 is 0 Å². The van der Waals surface area contributed by atoms with Crippen molar-refractivity contribution in [1.82, 2.24) is 9.21 Å². The Morgan fingerprint density at radius 1 is 0.852 bits per heavy atom. The molecule has 0 aromatic heterocycles. The molecule has 1 unspecified atom stereocenters. The molecule has 2 aromatic rings. The van der Waals surface area contributed by atoms with Crippen LogP contribution in [0.3, 0.4) is 0 Å². The molecule has 4 nitrogen and oxygen atoms in total. The van der Waals surface area contributed by atoms with Crippen molar-refractivity contribution in [1.29, 1.82) is 0 Å². The number of sulfonamides is 1. The molecule has 27 heavy (non-hydrogen) atoms. The molecule has 1 atom stereocenters. The molecule has 3 rings (SSSR count). The fraction of sp³-hybridized carbons (Fsp3) is 0.455. The van der Waals surface area contributed by atoms with E-state index < -0.39 is 10.0 Å². The molecule has 0 bridgehead atoms. The van der Waals surface area contributed by atoms with Crippen LogP contribution in [0.1, 0.15) is 40.8 Å². The van der Waals surface area contributed by atoms with Crippen molar-refractivity contribution >= 4 is 10.0 Å². The van der Waals surface area contributed by atoms with Crippen LogP contribution in [0.4, 0.5) is 0 Å². The fourth-order valence-corrected chi connectivity index (χ4v) is 5.97. The van der Waals surface area contributed by atoms with Crippen LogP contribution in [-0.2, 0) is 10.0 Å². The van der Waals surface area contributed by atoms with Gasteiger partial charge in [-0.2, -0.15) is 4.31 Å².